The van der Waals surface area contributed by atoms with Gasteiger partial charge < -0.3 is 5.11 Å². The van der Waals surface area contributed by atoms with Gasteiger partial charge in [0.2, 0.25) is 0 Å². The van der Waals surface area contributed by atoms with Crippen molar-refractivity contribution in [3.8, 4) is 5.75 Å². The number of phenols is 1. The van der Waals surface area contributed by atoms with Crippen molar-refractivity contribution in [1.82, 2.24) is 4.90 Å². The molecule has 0 unspecified atom stereocenters. The zero-order valence-corrected chi connectivity index (χ0v) is 13.8. The zero-order valence-electron chi connectivity index (χ0n) is 12.9. The van der Waals surface area contributed by atoms with Crippen LogP contribution < -0.4 is 0 Å². The van der Waals surface area contributed by atoms with Gasteiger partial charge in [-0.25, -0.2) is 9.38 Å². The van der Waals surface area contributed by atoms with Gasteiger partial charge in [0.05, 0.1) is 10.6 Å². The number of likely N-dealkylation sites (N-methyl/N-ethyl adjacent to an activating group) is 1. The molecule has 1 amide bonds. The predicted molar refractivity (Wildman–Crippen MR) is 94.6 cm³/mol. The van der Waals surface area contributed by atoms with E-state index in [1.54, 1.807) is 47.4 Å². The maximum absolute atomic E-state index is 13.0. The van der Waals surface area contributed by atoms with E-state index in [0.717, 1.165) is 0 Å². The molecule has 122 valence electrons. The molecule has 0 saturated carbocycles. The maximum atomic E-state index is 13.0. The number of aliphatic imine (C=N–C) groups is 1. The summed E-state index contributed by atoms with van der Waals surface area (Å²) in [6, 6.07) is 12.6. The molecule has 1 aliphatic heterocycles. The van der Waals surface area contributed by atoms with Crippen LogP contribution in [0.15, 0.2) is 58.4 Å². The van der Waals surface area contributed by atoms with Crippen LogP contribution in [0.3, 0.4) is 0 Å². The average molecular weight is 342 g/mol. The Morgan fingerprint density at radius 2 is 1.92 bits per heavy atom. The molecule has 0 aliphatic carbocycles. The quantitative estimate of drug-likeness (QED) is 0.853. The molecule has 0 atom stereocenters. The topological polar surface area (TPSA) is 52.9 Å². The molecule has 0 bridgehead atoms. The third kappa shape index (κ3) is 3.33. The summed E-state index contributed by atoms with van der Waals surface area (Å²) in [5.41, 5.74) is 1.15. The Bertz CT molecular complexity index is 831. The van der Waals surface area contributed by atoms with Crippen LogP contribution in [0.25, 0.3) is 6.08 Å². The molecule has 1 aliphatic rings. The fraction of sp³-hybridized carbons (Fsp3) is 0.111. The summed E-state index contributed by atoms with van der Waals surface area (Å²) in [4.78, 5) is 19.0. The van der Waals surface area contributed by atoms with E-state index in [1.807, 2.05) is 6.92 Å². The molecule has 0 spiro atoms. The zero-order chi connectivity index (χ0) is 17.1. The van der Waals surface area contributed by atoms with Crippen molar-refractivity contribution in [3.63, 3.8) is 0 Å². The highest BCUT2D eigenvalue weighted by molar-refractivity contribution is 8.18. The molecule has 0 aromatic heterocycles. The van der Waals surface area contributed by atoms with Crippen molar-refractivity contribution in [2.45, 2.75) is 6.92 Å². The lowest BCUT2D eigenvalue weighted by molar-refractivity contribution is -0.122. The molecule has 1 fully saturated rings. The van der Waals surface area contributed by atoms with Crippen LogP contribution >= 0.6 is 11.8 Å². The van der Waals surface area contributed by atoms with Gasteiger partial charge in [-0.2, -0.15) is 0 Å². The van der Waals surface area contributed by atoms with E-state index in [9.17, 15) is 14.3 Å². The van der Waals surface area contributed by atoms with Crippen molar-refractivity contribution >= 4 is 34.6 Å². The molecule has 24 heavy (non-hydrogen) atoms. The van der Waals surface area contributed by atoms with E-state index in [4.69, 9.17) is 0 Å². The lowest BCUT2D eigenvalue weighted by Gasteiger charge is -2.11. The van der Waals surface area contributed by atoms with Crippen LogP contribution in [0.1, 0.15) is 12.5 Å². The minimum Gasteiger partial charge on any atom is -0.507 e. The summed E-state index contributed by atoms with van der Waals surface area (Å²) in [6.07, 6.45) is 1.65. The Morgan fingerprint density at radius 3 is 2.58 bits per heavy atom. The van der Waals surface area contributed by atoms with Gasteiger partial charge in [-0.1, -0.05) is 18.2 Å². The Hall–Kier alpha value is -2.60. The smallest absolute Gasteiger partial charge is 0.266 e. The Kier molecular flexibility index (Phi) is 4.66. The first-order valence-electron chi connectivity index (χ1n) is 7.42. The van der Waals surface area contributed by atoms with Crippen LogP contribution in [-0.4, -0.2) is 27.6 Å². The van der Waals surface area contributed by atoms with Gasteiger partial charge >= 0.3 is 0 Å². The monoisotopic (exact) mass is 342 g/mol. The number of amides is 1. The minimum atomic E-state index is -0.332. The molecule has 4 nitrogen and oxygen atoms in total. The molecule has 2 aromatic carbocycles. The van der Waals surface area contributed by atoms with E-state index < -0.39 is 0 Å². The van der Waals surface area contributed by atoms with Crippen molar-refractivity contribution in [2.24, 2.45) is 4.99 Å². The molecule has 1 N–H and O–H groups in total. The summed E-state index contributed by atoms with van der Waals surface area (Å²) < 4.78 is 13.0. The third-order valence-corrected chi connectivity index (χ3v) is 4.49. The van der Waals surface area contributed by atoms with Crippen LogP contribution in [0.5, 0.6) is 5.75 Å². The number of carbonyl (C=O) groups is 1. The second kappa shape index (κ2) is 6.88. The summed E-state index contributed by atoms with van der Waals surface area (Å²) in [6.45, 7) is 2.34. The largest absolute Gasteiger partial charge is 0.507 e. The van der Waals surface area contributed by atoms with Crippen LogP contribution in [0, 0.1) is 5.82 Å². The number of hydrogen-bond donors (Lipinski definition) is 1. The molecule has 2 aromatic rings. The minimum absolute atomic E-state index is 0.116. The van der Waals surface area contributed by atoms with Crippen molar-refractivity contribution in [3.05, 3.63) is 64.8 Å². The first-order valence-corrected chi connectivity index (χ1v) is 8.24. The average Bonchev–Trinajstić information content (AvgIpc) is 2.87. The fourth-order valence-electron chi connectivity index (χ4n) is 2.25. The second-order valence-corrected chi connectivity index (χ2v) is 6.10. The standard InChI is InChI=1S/C18H15FN2O2S/c1-2-21-17(23)16(11-12-5-3-4-6-15(12)22)24-18(21)20-14-9-7-13(19)8-10-14/h3-11,22H,2H2,1H3/b16-11+,20-18?. The molecular weight excluding hydrogens is 327 g/mol. The molecular formula is C18H15FN2O2S. The maximum Gasteiger partial charge on any atom is 0.266 e. The molecule has 3 rings (SSSR count). The number of carbonyl (C=O) groups excluding carboxylic acids is 1. The highest BCUT2D eigenvalue weighted by Crippen LogP contribution is 2.35. The summed E-state index contributed by atoms with van der Waals surface area (Å²) in [5, 5.41) is 10.4. The van der Waals surface area contributed by atoms with E-state index in [-0.39, 0.29) is 17.5 Å². The van der Waals surface area contributed by atoms with Crippen LogP contribution in [0.2, 0.25) is 0 Å². The fourth-order valence-corrected chi connectivity index (χ4v) is 3.30. The van der Waals surface area contributed by atoms with Gasteiger partial charge in [0, 0.05) is 12.1 Å². The second-order valence-electron chi connectivity index (χ2n) is 5.09. The number of aromatic hydroxyl groups is 1. The number of rotatable bonds is 3. The molecule has 1 saturated heterocycles. The predicted octanol–water partition coefficient (Wildman–Crippen LogP) is 4.16. The van der Waals surface area contributed by atoms with Gasteiger partial charge in [-0.05, 0) is 55.1 Å². The van der Waals surface area contributed by atoms with Gasteiger partial charge in [0.1, 0.15) is 11.6 Å². The van der Waals surface area contributed by atoms with Crippen LogP contribution in [-0.2, 0) is 4.79 Å². The van der Waals surface area contributed by atoms with Gasteiger partial charge in [-0.3, -0.25) is 9.69 Å². The van der Waals surface area contributed by atoms with Gasteiger partial charge in [-0.15, -0.1) is 0 Å². The first-order chi connectivity index (χ1) is 11.6. The normalized spacial score (nSPS) is 17.9. The first kappa shape index (κ1) is 16.3. The van der Waals surface area contributed by atoms with E-state index in [1.165, 1.54) is 23.9 Å². The number of nitrogens with zero attached hydrogens (tertiary/aromatic N) is 2. The highest BCUT2D eigenvalue weighted by Gasteiger charge is 2.32. The number of benzene rings is 2. The number of amidine groups is 1. The summed E-state index contributed by atoms with van der Waals surface area (Å²) in [7, 11) is 0. The summed E-state index contributed by atoms with van der Waals surface area (Å²) in [5.74, 6) is -0.376. The van der Waals surface area contributed by atoms with Crippen molar-refractivity contribution in [1.29, 1.82) is 0 Å². The number of phenolic OH excluding ortho intramolecular Hbond substituents is 1. The van der Waals surface area contributed by atoms with Gasteiger partial charge in [0.25, 0.3) is 5.91 Å². The Balaban J connectivity index is 1.94. The molecule has 1 heterocycles. The molecule has 0 radical (unpaired) electrons. The Labute approximate surface area is 143 Å². The van der Waals surface area contributed by atoms with E-state index in [2.05, 4.69) is 4.99 Å². The summed E-state index contributed by atoms with van der Waals surface area (Å²) >= 11 is 1.24. The molecule has 6 heteroatoms. The number of hydrogen-bond acceptors (Lipinski definition) is 4. The number of para-hydroxylation sites is 1. The van der Waals surface area contributed by atoms with Crippen LogP contribution in [0.4, 0.5) is 10.1 Å². The number of halogens is 1. The lowest BCUT2D eigenvalue weighted by Crippen LogP contribution is -2.28. The van der Waals surface area contributed by atoms with Crippen molar-refractivity contribution < 1.29 is 14.3 Å². The Morgan fingerprint density at radius 1 is 1.21 bits per heavy atom. The highest BCUT2D eigenvalue weighted by atomic mass is 32.2. The van der Waals surface area contributed by atoms with E-state index in [0.29, 0.717) is 27.9 Å². The number of thioether (sulfide) groups is 1. The third-order valence-electron chi connectivity index (χ3n) is 3.48. The van der Waals surface area contributed by atoms with Gasteiger partial charge in [0.15, 0.2) is 5.17 Å². The van der Waals surface area contributed by atoms with E-state index >= 15 is 0 Å². The lowest BCUT2D eigenvalue weighted by atomic mass is 10.2. The van der Waals surface area contributed by atoms with Crippen molar-refractivity contribution in [2.75, 3.05) is 6.54 Å². The SMILES string of the molecule is CCN1C(=O)/C(=C\c2ccccc2O)SC1=Nc1ccc(F)cc1.